The monoisotopic (exact) mass is 337 g/mol. The van der Waals surface area contributed by atoms with Crippen molar-refractivity contribution in [2.75, 3.05) is 25.5 Å². The number of amides is 1. The Morgan fingerprint density at radius 2 is 2.04 bits per heavy atom. The molecule has 0 saturated heterocycles. The molecule has 126 valence electrons. The van der Waals surface area contributed by atoms with Crippen molar-refractivity contribution < 1.29 is 13.2 Å². The first kappa shape index (κ1) is 16.4. The average Bonchev–Trinajstić information content (AvgIpc) is 3.11. The highest BCUT2D eigenvalue weighted by atomic mass is 32.2. The molecule has 0 aromatic heterocycles. The molecule has 7 heteroatoms. The molecule has 1 fully saturated rings. The average molecular weight is 337 g/mol. The van der Waals surface area contributed by atoms with Gasteiger partial charge in [-0.3, -0.25) is 4.79 Å². The second kappa shape index (κ2) is 5.89. The molecule has 1 aliphatic heterocycles. The number of carbonyl (C=O) groups is 1. The molecular weight excluding hydrogens is 314 g/mol. The van der Waals surface area contributed by atoms with Crippen molar-refractivity contribution in [3.8, 4) is 0 Å². The molecule has 23 heavy (non-hydrogen) atoms. The Balaban J connectivity index is 1.91. The van der Waals surface area contributed by atoms with Gasteiger partial charge in [-0.15, -0.1) is 0 Å². The summed E-state index contributed by atoms with van der Waals surface area (Å²) in [5, 5.41) is 0. The van der Waals surface area contributed by atoms with Gasteiger partial charge in [-0.1, -0.05) is 6.07 Å². The Morgan fingerprint density at radius 3 is 2.65 bits per heavy atom. The van der Waals surface area contributed by atoms with Crippen LogP contribution in [0.2, 0.25) is 0 Å². The van der Waals surface area contributed by atoms with Crippen LogP contribution in [-0.4, -0.2) is 45.3 Å². The molecule has 2 aliphatic rings. The number of fused-ring (bicyclic) bond motifs is 1. The largest absolute Gasteiger partial charge is 0.328 e. The number of sulfonamides is 1. The van der Waals surface area contributed by atoms with Gasteiger partial charge in [0.05, 0.1) is 4.90 Å². The molecule has 0 radical (unpaired) electrons. The van der Waals surface area contributed by atoms with E-state index in [0.29, 0.717) is 6.54 Å². The zero-order valence-corrected chi connectivity index (χ0v) is 14.3. The van der Waals surface area contributed by atoms with Crippen LogP contribution in [0.25, 0.3) is 0 Å². The van der Waals surface area contributed by atoms with E-state index in [-0.39, 0.29) is 22.8 Å². The van der Waals surface area contributed by atoms with Gasteiger partial charge in [0.2, 0.25) is 15.9 Å². The normalized spacial score (nSPS) is 24.3. The van der Waals surface area contributed by atoms with Gasteiger partial charge in [0.25, 0.3) is 0 Å². The Hall–Kier alpha value is -1.44. The van der Waals surface area contributed by atoms with Gasteiger partial charge in [-0.05, 0) is 43.4 Å². The third-order valence-electron chi connectivity index (χ3n) is 4.82. The van der Waals surface area contributed by atoms with Gasteiger partial charge in [-0.25, -0.2) is 12.7 Å². The van der Waals surface area contributed by atoms with E-state index in [9.17, 15) is 13.2 Å². The predicted molar refractivity (Wildman–Crippen MR) is 88.7 cm³/mol. The standard InChI is InChI=1S/C16H23N3O3S/c1-18(2)23(21,22)14-6-4-11-7-8-19(15(11)10-14)16(20)12-3-5-13(17)9-12/h4,6,10,12-13H,3,5,7-9,17H2,1-2H3. The highest BCUT2D eigenvalue weighted by Crippen LogP contribution is 2.35. The van der Waals surface area contributed by atoms with Crippen LogP contribution in [0.3, 0.4) is 0 Å². The summed E-state index contributed by atoms with van der Waals surface area (Å²) in [6.07, 6.45) is 3.19. The molecule has 3 rings (SSSR count). The van der Waals surface area contributed by atoms with Crippen molar-refractivity contribution >= 4 is 21.6 Å². The summed E-state index contributed by atoms with van der Waals surface area (Å²) < 4.78 is 25.8. The van der Waals surface area contributed by atoms with E-state index < -0.39 is 10.0 Å². The summed E-state index contributed by atoms with van der Waals surface area (Å²) >= 11 is 0. The van der Waals surface area contributed by atoms with Crippen LogP contribution in [0.5, 0.6) is 0 Å². The Bertz CT molecular complexity index is 730. The summed E-state index contributed by atoms with van der Waals surface area (Å²) in [6, 6.07) is 5.17. The number of hydrogen-bond acceptors (Lipinski definition) is 4. The maximum absolute atomic E-state index is 12.8. The number of carbonyl (C=O) groups excluding carboxylic acids is 1. The molecule has 1 aliphatic carbocycles. The van der Waals surface area contributed by atoms with Gasteiger partial charge >= 0.3 is 0 Å². The highest BCUT2D eigenvalue weighted by Gasteiger charge is 2.35. The summed E-state index contributed by atoms with van der Waals surface area (Å²) in [6.45, 7) is 0.616. The SMILES string of the molecule is CN(C)S(=O)(=O)c1ccc2c(c1)N(C(=O)C1CCC(N)C1)CC2. The summed E-state index contributed by atoms with van der Waals surface area (Å²) in [5.41, 5.74) is 7.68. The van der Waals surface area contributed by atoms with Crippen molar-refractivity contribution in [2.24, 2.45) is 11.7 Å². The molecule has 6 nitrogen and oxygen atoms in total. The molecular formula is C16H23N3O3S. The number of benzene rings is 1. The predicted octanol–water partition coefficient (Wildman–Crippen LogP) is 0.953. The molecule has 1 heterocycles. The summed E-state index contributed by atoms with van der Waals surface area (Å²) in [4.78, 5) is 14.7. The molecule has 1 amide bonds. The number of nitrogens with two attached hydrogens (primary N) is 1. The molecule has 2 atom stereocenters. The van der Waals surface area contributed by atoms with Crippen molar-refractivity contribution in [1.82, 2.24) is 4.31 Å². The topological polar surface area (TPSA) is 83.7 Å². The first-order valence-corrected chi connectivity index (χ1v) is 9.37. The van der Waals surface area contributed by atoms with Gasteiger partial charge in [0.1, 0.15) is 0 Å². The summed E-state index contributed by atoms with van der Waals surface area (Å²) in [5.74, 6) is 0.0427. The third-order valence-corrected chi connectivity index (χ3v) is 6.63. The second-order valence-corrected chi connectivity index (χ2v) is 8.74. The highest BCUT2D eigenvalue weighted by molar-refractivity contribution is 7.89. The van der Waals surface area contributed by atoms with Crippen molar-refractivity contribution in [2.45, 2.75) is 36.6 Å². The minimum atomic E-state index is -3.50. The van der Waals surface area contributed by atoms with E-state index in [1.165, 1.54) is 18.4 Å². The number of rotatable bonds is 3. The Labute approximate surface area is 137 Å². The Morgan fingerprint density at radius 1 is 1.30 bits per heavy atom. The summed E-state index contributed by atoms with van der Waals surface area (Å²) in [7, 11) is -0.489. The first-order valence-electron chi connectivity index (χ1n) is 7.93. The van der Waals surface area contributed by atoms with Crippen molar-refractivity contribution in [1.29, 1.82) is 0 Å². The molecule has 0 bridgehead atoms. The zero-order valence-electron chi connectivity index (χ0n) is 13.5. The fraction of sp³-hybridized carbons (Fsp3) is 0.562. The smallest absolute Gasteiger partial charge is 0.242 e. The molecule has 2 N–H and O–H groups in total. The van der Waals surface area contributed by atoms with E-state index in [1.54, 1.807) is 17.0 Å². The van der Waals surface area contributed by atoms with Crippen LogP contribution in [-0.2, 0) is 21.2 Å². The maximum Gasteiger partial charge on any atom is 0.242 e. The molecule has 1 saturated carbocycles. The van der Waals surface area contributed by atoms with Crippen LogP contribution in [0, 0.1) is 5.92 Å². The molecule has 1 aromatic carbocycles. The van der Waals surface area contributed by atoms with Crippen molar-refractivity contribution in [3.63, 3.8) is 0 Å². The van der Waals surface area contributed by atoms with Crippen LogP contribution in [0.1, 0.15) is 24.8 Å². The minimum Gasteiger partial charge on any atom is -0.328 e. The van der Waals surface area contributed by atoms with E-state index >= 15 is 0 Å². The van der Waals surface area contributed by atoms with E-state index in [0.717, 1.165) is 36.9 Å². The fourth-order valence-electron chi connectivity index (χ4n) is 3.42. The Kier molecular flexibility index (Phi) is 4.20. The van der Waals surface area contributed by atoms with Crippen LogP contribution in [0.15, 0.2) is 23.1 Å². The fourth-order valence-corrected chi connectivity index (χ4v) is 4.34. The van der Waals surface area contributed by atoms with Gasteiger partial charge < -0.3 is 10.6 Å². The first-order chi connectivity index (χ1) is 10.8. The molecule has 0 spiro atoms. The van der Waals surface area contributed by atoms with Gasteiger partial charge in [0.15, 0.2) is 0 Å². The maximum atomic E-state index is 12.8. The quantitative estimate of drug-likeness (QED) is 0.890. The van der Waals surface area contributed by atoms with E-state index in [2.05, 4.69) is 0 Å². The lowest BCUT2D eigenvalue weighted by Gasteiger charge is -2.22. The lowest BCUT2D eigenvalue weighted by Crippen LogP contribution is -2.34. The molecule has 1 aromatic rings. The van der Waals surface area contributed by atoms with Gasteiger partial charge in [0, 0.05) is 38.3 Å². The minimum absolute atomic E-state index is 0.0370. The number of hydrogen-bond donors (Lipinski definition) is 1. The van der Waals surface area contributed by atoms with Crippen LogP contribution >= 0.6 is 0 Å². The zero-order chi connectivity index (χ0) is 16.8. The van der Waals surface area contributed by atoms with E-state index in [4.69, 9.17) is 5.73 Å². The lowest BCUT2D eigenvalue weighted by molar-refractivity contribution is -0.122. The van der Waals surface area contributed by atoms with Crippen molar-refractivity contribution in [3.05, 3.63) is 23.8 Å². The second-order valence-electron chi connectivity index (χ2n) is 6.59. The number of nitrogens with zero attached hydrogens (tertiary/aromatic N) is 2. The van der Waals surface area contributed by atoms with Gasteiger partial charge in [-0.2, -0.15) is 0 Å². The van der Waals surface area contributed by atoms with E-state index in [1.807, 2.05) is 6.07 Å². The third kappa shape index (κ3) is 2.88. The molecule has 2 unspecified atom stereocenters. The lowest BCUT2D eigenvalue weighted by atomic mass is 10.1. The number of anilines is 1. The van der Waals surface area contributed by atoms with Crippen LogP contribution in [0.4, 0.5) is 5.69 Å². The van der Waals surface area contributed by atoms with Crippen LogP contribution < -0.4 is 10.6 Å².